The van der Waals surface area contributed by atoms with Crippen molar-refractivity contribution in [2.24, 2.45) is 0 Å². The highest BCUT2D eigenvalue weighted by atomic mass is 79.9. The fourth-order valence-corrected chi connectivity index (χ4v) is 3.06. The van der Waals surface area contributed by atoms with E-state index in [0.29, 0.717) is 26.9 Å². The van der Waals surface area contributed by atoms with Gasteiger partial charge in [0.25, 0.3) is 0 Å². The number of esters is 2. The van der Waals surface area contributed by atoms with Gasteiger partial charge in [0.2, 0.25) is 5.78 Å². The summed E-state index contributed by atoms with van der Waals surface area (Å²) in [6.45, 7) is 6.80. The first-order chi connectivity index (χ1) is 12.3. The van der Waals surface area contributed by atoms with Crippen LogP contribution in [0.25, 0.3) is 0 Å². The molecule has 6 nitrogen and oxygen atoms in total. The molecular formula is C19H20BrNO5. The molecule has 0 bridgehead atoms. The first-order valence-corrected chi connectivity index (χ1v) is 8.93. The van der Waals surface area contributed by atoms with Gasteiger partial charge >= 0.3 is 11.9 Å². The molecular weight excluding hydrogens is 402 g/mol. The average Bonchev–Trinajstić information content (AvgIpc) is 2.89. The second-order valence-electron chi connectivity index (χ2n) is 5.74. The van der Waals surface area contributed by atoms with Crippen molar-refractivity contribution in [3.63, 3.8) is 0 Å². The molecule has 0 saturated heterocycles. The summed E-state index contributed by atoms with van der Waals surface area (Å²) in [6, 6.07) is 6.80. The van der Waals surface area contributed by atoms with Crippen LogP contribution in [0.2, 0.25) is 0 Å². The predicted molar refractivity (Wildman–Crippen MR) is 99.6 cm³/mol. The molecule has 7 heteroatoms. The third-order valence-corrected chi connectivity index (χ3v) is 4.60. The van der Waals surface area contributed by atoms with E-state index in [2.05, 4.69) is 20.9 Å². The van der Waals surface area contributed by atoms with Crippen molar-refractivity contribution in [1.29, 1.82) is 0 Å². The molecule has 2 rings (SSSR count). The van der Waals surface area contributed by atoms with Crippen LogP contribution in [-0.4, -0.2) is 35.4 Å². The Kier molecular flexibility index (Phi) is 6.37. The summed E-state index contributed by atoms with van der Waals surface area (Å²) in [5, 5.41) is 0. The van der Waals surface area contributed by atoms with Crippen LogP contribution in [-0.2, 0) is 9.47 Å². The first kappa shape index (κ1) is 19.9. The van der Waals surface area contributed by atoms with Gasteiger partial charge in [-0.2, -0.15) is 0 Å². The lowest BCUT2D eigenvalue weighted by molar-refractivity contribution is 0.0315. The minimum Gasteiger partial charge on any atom is -0.462 e. The van der Waals surface area contributed by atoms with E-state index < -0.39 is 23.8 Å². The van der Waals surface area contributed by atoms with Crippen molar-refractivity contribution >= 4 is 33.7 Å². The van der Waals surface area contributed by atoms with Crippen LogP contribution in [0.3, 0.4) is 0 Å². The van der Waals surface area contributed by atoms with E-state index in [0.717, 1.165) is 0 Å². The normalized spacial score (nSPS) is 11.7. The number of aromatic amines is 1. The highest BCUT2D eigenvalue weighted by Crippen LogP contribution is 2.22. The molecule has 26 heavy (non-hydrogen) atoms. The quantitative estimate of drug-likeness (QED) is 0.562. The molecule has 0 radical (unpaired) electrons. The third kappa shape index (κ3) is 4.04. The Morgan fingerprint density at radius 3 is 2.42 bits per heavy atom. The summed E-state index contributed by atoms with van der Waals surface area (Å²) in [7, 11) is 0. The Morgan fingerprint density at radius 1 is 1.15 bits per heavy atom. The van der Waals surface area contributed by atoms with E-state index in [1.807, 2.05) is 0 Å². The zero-order valence-corrected chi connectivity index (χ0v) is 16.6. The van der Waals surface area contributed by atoms with Crippen molar-refractivity contribution in [2.45, 2.75) is 33.8 Å². The molecule has 0 amide bonds. The fraction of sp³-hybridized carbons (Fsp3) is 0.316. The van der Waals surface area contributed by atoms with Gasteiger partial charge in [-0.05, 0) is 61.3 Å². The number of ketones is 1. The number of aromatic nitrogens is 1. The maximum Gasteiger partial charge on any atom is 0.340 e. The molecule has 1 unspecified atom stereocenters. The second kappa shape index (κ2) is 8.31. The lowest BCUT2D eigenvalue weighted by atomic mass is 10.1. The van der Waals surface area contributed by atoms with E-state index in [1.165, 1.54) is 6.92 Å². The van der Waals surface area contributed by atoms with Gasteiger partial charge < -0.3 is 14.5 Å². The minimum atomic E-state index is -1.01. The summed E-state index contributed by atoms with van der Waals surface area (Å²) >= 11 is 3.28. The molecule has 2 aromatic rings. The largest absolute Gasteiger partial charge is 0.462 e. The number of benzene rings is 1. The molecule has 1 N–H and O–H groups in total. The smallest absolute Gasteiger partial charge is 0.340 e. The van der Waals surface area contributed by atoms with Gasteiger partial charge in [-0.15, -0.1) is 0 Å². The second-order valence-corrected chi connectivity index (χ2v) is 6.59. The average molecular weight is 422 g/mol. The van der Waals surface area contributed by atoms with Crippen molar-refractivity contribution in [3.8, 4) is 0 Å². The maximum absolute atomic E-state index is 12.7. The number of H-pyrrole nitrogens is 1. The van der Waals surface area contributed by atoms with E-state index >= 15 is 0 Å². The van der Waals surface area contributed by atoms with Crippen LogP contribution in [0.1, 0.15) is 56.3 Å². The first-order valence-electron chi connectivity index (χ1n) is 8.13. The number of halogens is 1. The van der Waals surface area contributed by atoms with Gasteiger partial charge in [0.05, 0.1) is 23.4 Å². The molecule has 1 aromatic carbocycles. The fourth-order valence-electron chi connectivity index (χ4n) is 2.61. The van der Waals surface area contributed by atoms with Crippen LogP contribution in [0.5, 0.6) is 0 Å². The standard InChI is InChI=1S/C19H20BrNO5/c1-5-25-19(24)15-10(2)16(21-11(15)3)17(22)12(4)26-18(23)13-8-6-7-9-14(13)20/h6-9,12,21H,5H2,1-4H3. The summed E-state index contributed by atoms with van der Waals surface area (Å²) < 4.78 is 10.9. The Morgan fingerprint density at radius 2 is 1.81 bits per heavy atom. The summed E-state index contributed by atoms with van der Waals surface area (Å²) in [5.74, 6) is -1.51. The van der Waals surface area contributed by atoms with Gasteiger partial charge in [-0.25, -0.2) is 9.59 Å². The zero-order chi connectivity index (χ0) is 19.4. The molecule has 138 valence electrons. The zero-order valence-electron chi connectivity index (χ0n) is 15.0. The van der Waals surface area contributed by atoms with Crippen molar-refractivity contribution in [3.05, 3.63) is 56.8 Å². The molecule has 1 heterocycles. The number of aryl methyl sites for hydroxylation is 1. The van der Waals surface area contributed by atoms with E-state index in [-0.39, 0.29) is 12.3 Å². The number of ether oxygens (including phenoxy) is 2. The highest BCUT2D eigenvalue weighted by molar-refractivity contribution is 9.10. The van der Waals surface area contributed by atoms with Crippen LogP contribution in [0.4, 0.5) is 0 Å². The number of rotatable bonds is 6. The van der Waals surface area contributed by atoms with Gasteiger partial charge in [-0.1, -0.05) is 12.1 Å². The number of hydrogen-bond donors (Lipinski definition) is 1. The van der Waals surface area contributed by atoms with Gasteiger partial charge in [0.1, 0.15) is 0 Å². The third-order valence-electron chi connectivity index (χ3n) is 3.91. The number of carbonyl (C=O) groups is 3. The van der Waals surface area contributed by atoms with Gasteiger partial charge in [0, 0.05) is 10.2 Å². The Balaban J connectivity index is 2.21. The SMILES string of the molecule is CCOC(=O)c1c(C)[nH]c(C(=O)C(C)OC(=O)c2ccccc2Br)c1C. The minimum absolute atomic E-state index is 0.234. The molecule has 0 aliphatic carbocycles. The van der Waals surface area contributed by atoms with E-state index in [1.54, 1.807) is 45.0 Å². The molecule has 0 saturated carbocycles. The Hall–Kier alpha value is -2.41. The molecule has 0 fully saturated rings. The highest BCUT2D eigenvalue weighted by Gasteiger charge is 2.28. The number of carbonyl (C=O) groups excluding carboxylic acids is 3. The van der Waals surface area contributed by atoms with E-state index in [4.69, 9.17) is 9.47 Å². The van der Waals surface area contributed by atoms with Crippen LogP contribution < -0.4 is 0 Å². The monoisotopic (exact) mass is 421 g/mol. The van der Waals surface area contributed by atoms with Crippen molar-refractivity contribution in [2.75, 3.05) is 6.61 Å². The summed E-state index contributed by atoms with van der Waals surface area (Å²) in [5.41, 5.74) is 1.92. The predicted octanol–water partition coefficient (Wildman–Crippen LogP) is 4.00. The van der Waals surface area contributed by atoms with Crippen molar-refractivity contribution in [1.82, 2.24) is 4.98 Å². The molecule has 0 aliphatic rings. The van der Waals surface area contributed by atoms with E-state index in [9.17, 15) is 14.4 Å². The van der Waals surface area contributed by atoms with Crippen LogP contribution in [0, 0.1) is 13.8 Å². The molecule has 0 aliphatic heterocycles. The number of nitrogens with one attached hydrogen (secondary N) is 1. The molecule has 1 atom stereocenters. The van der Waals surface area contributed by atoms with Crippen LogP contribution in [0.15, 0.2) is 28.7 Å². The van der Waals surface area contributed by atoms with Gasteiger partial charge in [-0.3, -0.25) is 4.79 Å². The molecule has 1 aromatic heterocycles. The lowest BCUT2D eigenvalue weighted by Gasteiger charge is -2.13. The summed E-state index contributed by atoms with van der Waals surface area (Å²) in [6.07, 6.45) is -1.01. The lowest BCUT2D eigenvalue weighted by Crippen LogP contribution is -2.25. The topological polar surface area (TPSA) is 85.5 Å². The maximum atomic E-state index is 12.7. The van der Waals surface area contributed by atoms with Crippen LogP contribution >= 0.6 is 15.9 Å². The van der Waals surface area contributed by atoms with Crippen molar-refractivity contribution < 1.29 is 23.9 Å². The number of hydrogen-bond acceptors (Lipinski definition) is 5. The number of Topliss-reactive ketones (excluding diaryl/α,β-unsaturated/α-hetero) is 1. The summed E-state index contributed by atoms with van der Waals surface area (Å²) in [4.78, 5) is 39.9. The molecule has 0 spiro atoms. The van der Waals surface area contributed by atoms with Gasteiger partial charge in [0.15, 0.2) is 6.10 Å². The Labute approximate surface area is 160 Å². The Bertz CT molecular complexity index is 856.